The normalized spacial score (nSPS) is 23.8. The first-order chi connectivity index (χ1) is 21.8. The van der Waals surface area contributed by atoms with Crippen LogP contribution in [-0.2, 0) is 11.2 Å². The third kappa shape index (κ3) is 5.07. The molecule has 2 aliphatic heterocycles. The third-order valence-electron chi connectivity index (χ3n) is 10.1. The summed E-state index contributed by atoms with van der Waals surface area (Å²) in [6, 6.07) is 11.1. The second-order valence-corrected chi connectivity index (χ2v) is 12.7. The number of nitriles is 1. The summed E-state index contributed by atoms with van der Waals surface area (Å²) < 4.78 is 36.4. The first kappa shape index (κ1) is 29.2. The monoisotopic (exact) mass is 608 g/mol. The standard InChI is InChI=1S/C35H34F2N6O2/c1-20(36)35(44)43-11-10-42(18-24(43)17-39-2)33-28-14-30(37)27(25-8-4-6-21-12-22-13-26(22)32(21)25)15-31(28)40-34(29(33)16-38)45-19-23-7-5-9-41(23)3/h4,6,8,14-15,22-24,26H,1,5,7,9-13,17-19H2,3H3/t22?,23-,24-,26?/m0/s1. The smallest absolute Gasteiger partial charge is 0.282 e. The Morgan fingerprint density at radius 2 is 2.09 bits per heavy atom. The number of likely N-dealkylation sites (N-methyl/N-ethyl adjacent to an activating group) is 1. The van der Waals surface area contributed by atoms with Crippen LogP contribution in [0.3, 0.4) is 0 Å². The number of fused-ring (bicyclic) bond motifs is 4. The molecule has 1 aromatic heterocycles. The van der Waals surface area contributed by atoms with E-state index < -0.39 is 23.6 Å². The number of benzene rings is 2. The predicted octanol–water partition coefficient (Wildman–Crippen LogP) is 5.46. The molecule has 3 fully saturated rings. The molecule has 2 saturated heterocycles. The van der Waals surface area contributed by atoms with Gasteiger partial charge in [0.15, 0.2) is 5.83 Å². The number of carbonyl (C=O) groups excluding carboxylic acids is 1. The summed E-state index contributed by atoms with van der Waals surface area (Å²) in [7, 11) is 2.05. The van der Waals surface area contributed by atoms with Crippen LogP contribution >= 0.6 is 0 Å². The van der Waals surface area contributed by atoms with Crippen LogP contribution in [0.4, 0.5) is 14.5 Å². The molecule has 7 rings (SSSR count). The van der Waals surface area contributed by atoms with Gasteiger partial charge in [-0.05, 0) is 79.9 Å². The Hall–Kier alpha value is -4.54. The lowest BCUT2D eigenvalue weighted by Crippen LogP contribution is -2.56. The van der Waals surface area contributed by atoms with E-state index in [2.05, 4.69) is 28.5 Å². The SMILES string of the molecule is [C-]#[N+]C[C@H]1CN(c2c(C#N)c(OC[C@@H]3CCCN3C)nc3cc(-c4cccc5c4C4CC4C5)c(F)cc23)CCN1C(=O)C(=C)F. The number of pyridine rings is 1. The highest BCUT2D eigenvalue weighted by Crippen LogP contribution is 2.59. The quantitative estimate of drug-likeness (QED) is 0.262. The molecule has 0 bridgehead atoms. The number of halogens is 2. The third-order valence-corrected chi connectivity index (χ3v) is 10.1. The van der Waals surface area contributed by atoms with Gasteiger partial charge in [0.25, 0.3) is 5.91 Å². The van der Waals surface area contributed by atoms with Crippen molar-refractivity contribution in [1.29, 1.82) is 5.26 Å². The maximum atomic E-state index is 16.2. The van der Waals surface area contributed by atoms with E-state index >= 15 is 4.39 Å². The molecular weight excluding hydrogens is 574 g/mol. The Morgan fingerprint density at radius 3 is 2.82 bits per heavy atom. The molecule has 4 aliphatic rings. The maximum Gasteiger partial charge on any atom is 0.282 e. The van der Waals surface area contributed by atoms with Crippen molar-refractivity contribution in [2.24, 2.45) is 5.92 Å². The second-order valence-electron chi connectivity index (χ2n) is 12.7. The summed E-state index contributed by atoms with van der Waals surface area (Å²) in [5.41, 5.74) is 4.98. The molecule has 230 valence electrons. The summed E-state index contributed by atoms with van der Waals surface area (Å²) in [5.74, 6) is -1.06. The van der Waals surface area contributed by atoms with Crippen molar-refractivity contribution in [3.05, 3.63) is 76.7 Å². The maximum absolute atomic E-state index is 16.2. The number of hydrogen-bond donors (Lipinski definition) is 0. The van der Waals surface area contributed by atoms with Gasteiger partial charge in [-0.1, -0.05) is 24.8 Å². The van der Waals surface area contributed by atoms with Crippen LogP contribution in [0.25, 0.3) is 26.9 Å². The predicted molar refractivity (Wildman–Crippen MR) is 167 cm³/mol. The lowest BCUT2D eigenvalue weighted by Gasteiger charge is -2.40. The number of likely N-dealkylation sites (tertiary alicyclic amines) is 1. The number of anilines is 1. The van der Waals surface area contributed by atoms with Gasteiger partial charge in [-0.2, -0.15) is 5.26 Å². The van der Waals surface area contributed by atoms with Gasteiger partial charge >= 0.3 is 0 Å². The highest BCUT2D eigenvalue weighted by Gasteiger charge is 2.46. The number of nitrogens with zero attached hydrogens (tertiary/aromatic N) is 6. The summed E-state index contributed by atoms with van der Waals surface area (Å²) >= 11 is 0. The summed E-state index contributed by atoms with van der Waals surface area (Å²) in [6.45, 7) is 12.4. The van der Waals surface area contributed by atoms with E-state index in [1.165, 1.54) is 22.1 Å². The van der Waals surface area contributed by atoms with Crippen LogP contribution in [0, 0.1) is 29.6 Å². The van der Waals surface area contributed by atoms with Gasteiger partial charge in [0, 0.05) is 36.6 Å². The molecule has 3 aromatic rings. The van der Waals surface area contributed by atoms with Crippen molar-refractivity contribution in [2.75, 3.05) is 51.3 Å². The lowest BCUT2D eigenvalue weighted by atomic mass is 9.92. The molecule has 2 unspecified atom stereocenters. The Morgan fingerprint density at radius 1 is 1.24 bits per heavy atom. The van der Waals surface area contributed by atoms with Crippen molar-refractivity contribution >= 4 is 22.5 Å². The molecule has 8 nitrogen and oxygen atoms in total. The largest absolute Gasteiger partial charge is 0.475 e. The molecule has 1 saturated carbocycles. The van der Waals surface area contributed by atoms with Crippen molar-refractivity contribution in [1.82, 2.24) is 14.8 Å². The molecule has 0 N–H and O–H groups in total. The van der Waals surface area contributed by atoms with E-state index in [-0.39, 0.29) is 43.7 Å². The van der Waals surface area contributed by atoms with Crippen LogP contribution in [0.2, 0.25) is 0 Å². The zero-order chi connectivity index (χ0) is 31.4. The number of piperazine rings is 1. The van der Waals surface area contributed by atoms with E-state index in [0.717, 1.165) is 37.8 Å². The topological polar surface area (TPSA) is 77.1 Å². The van der Waals surface area contributed by atoms with Gasteiger partial charge in [-0.15, -0.1) is 0 Å². The molecular formula is C35H34F2N6O2. The van der Waals surface area contributed by atoms with E-state index in [9.17, 15) is 14.4 Å². The first-order valence-corrected chi connectivity index (χ1v) is 15.5. The van der Waals surface area contributed by atoms with Gasteiger partial charge < -0.3 is 24.3 Å². The van der Waals surface area contributed by atoms with E-state index in [0.29, 0.717) is 40.6 Å². The number of ether oxygens (including phenoxy) is 1. The minimum atomic E-state index is -1.09. The minimum Gasteiger partial charge on any atom is -0.475 e. The van der Waals surface area contributed by atoms with E-state index in [4.69, 9.17) is 16.3 Å². The zero-order valence-corrected chi connectivity index (χ0v) is 25.2. The molecule has 1 amide bonds. The van der Waals surface area contributed by atoms with Crippen molar-refractivity contribution in [3.8, 4) is 23.1 Å². The molecule has 0 radical (unpaired) electrons. The van der Waals surface area contributed by atoms with Gasteiger partial charge in [0.05, 0.1) is 11.2 Å². The van der Waals surface area contributed by atoms with Gasteiger partial charge in [0.2, 0.25) is 12.4 Å². The molecule has 3 heterocycles. The number of carbonyl (C=O) groups is 1. The molecule has 0 spiro atoms. The van der Waals surface area contributed by atoms with Crippen LogP contribution in [-0.4, -0.2) is 79.2 Å². The number of amides is 1. The summed E-state index contributed by atoms with van der Waals surface area (Å²) in [6.07, 6.45) is 4.20. The summed E-state index contributed by atoms with van der Waals surface area (Å²) in [5, 5.41) is 10.9. The summed E-state index contributed by atoms with van der Waals surface area (Å²) in [4.78, 5) is 26.3. The second kappa shape index (κ2) is 11.4. The van der Waals surface area contributed by atoms with Crippen molar-refractivity contribution < 1.29 is 18.3 Å². The molecule has 45 heavy (non-hydrogen) atoms. The van der Waals surface area contributed by atoms with Gasteiger partial charge in [-0.3, -0.25) is 4.79 Å². The minimum absolute atomic E-state index is 0.0580. The molecule has 4 atom stereocenters. The van der Waals surface area contributed by atoms with Crippen LogP contribution in [0.5, 0.6) is 5.88 Å². The van der Waals surface area contributed by atoms with Crippen molar-refractivity contribution in [3.63, 3.8) is 0 Å². The van der Waals surface area contributed by atoms with E-state index in [1.54, 1.807) is 6.07 Å². The molecule has 2 aliphatic carbocycles. The van der Waals surface area contributed by atoms with E-state index in [1.807, 2.05) is 24.1 Å². The fourth-order valence-electron chi connectivity index (χ4n) is 7.67. The average Bonchev–Trinajstić information content (AvgIpc) is 3.51. The lowest BCUT2D eigenvalue weighted by molar-refractivity contribution is -0.131. The Bertz CT molecular complexity index is 1810. The number of rotatable bonds is 7. The Kier molecular flexibility index (Phi) is 7.41. The first-order valence-electron chi connectivity index (χ1n) is 15.5. The Balaban J connectivity index is 1.35. The van der Waals surface area contributed by atoms with Gasteiger partial charge in [-0.25, -0.2) is 20.3 Å². The highest BCUT2D eigenvalue weighted by atomic mass is 19.1. The van der Waals surface area contributed by atoms with Crippen LogP contribution in [0.1, 0.15) is 41.9 Å². The highest BCUT2D eigenvalue weighted by molar-refractivity contribution is 5.99. The van der Waals surface area contributed by atoms with Crippen molar-refractivity contribution in [2.45, 2.75) is 43.7 Å². The van der Waals surface area contributed by atoms with Crippen LogP contribution in [0.15, 0.2) is 42.7 Å². The van der Waals surface area contributed by atoms with Crippen LogP contribution < -0.4 is 9.64 Å². The average molecular weight is 609 g/mol. The number of hydrogen-bond acceptors (Lipinski definition) is 6. The molecule has 10 heteroatoms. The Labute approximate surface area is 261 Å². The molecule has 2 aromatic carbocycles. The number of aromatic nitrogens is 1. The fourth-order valence-corrected chi connectivity index (χ4v) is 7.67. The van der Waals surface area contributed by atoms with Gasteiger partial charge in [0.1, 0.15) is 30.1 Å². The zero-order valence-electron chi connectivity index (χ0n) is 25.2. The fraction of sp³-hybridized carbons (Fsp3) is 0.429.